The Morgan fingerprint density at radius 2 is 1.69 bits per heavy atom. The maximum absolute atomic E-state index is 13.6. The minimum absolute atomic E-state index is 0.136. The van der Waals surface area contributed by atoms with E-state index in [0.717, 1.165) is 23.8 Å². The standard InChI is InChI=1S/C25H22F2N6O2/c1-32(2)15-23(34)30-21-12-28-25(29-13-21)17-5-3-4-16(8-17)14-33-24(35)7-6-22(31-33)18-9-19(26)11-20(27)10-18/h3-13H,14-15H2,1-2H3,(H,30,34). The molecule has 0 radical (unpaired) electrons. The number of hydrogen-bond acceptors (Lipinski definition) is 6. The van der Waals surface area contributed by atoms with Crippen LogP contribution in [0.1, 0.15) is 5.56 Å². The second-order valence-corrected chi connectivity index (χ2v) is 8.15. The number of rotatable bonds is 7. The number of carbonyl (C=O) groups is 1. The van der Waals surface area contributed by atoms with Crippen molar-refractivity contribution in [1.82, 2.24) is 24.6 Å². The van der Waals surface area contributed by atoms with Gasteiger partial charge in [-0.25, -0.2) is 23.4 Å². The summed E-state index contributed by atoms with van der Waals surface area (Å²) in [4.78, 5) is 34.7. The lowest BCUT2D eigenvalue weighted by Gasteiger charge is -2.10. The fourth-order valence-corrected chi connectivity index (χ4v) is 3.43. The molecule has 0 saturated carbocycles. The van der Waals surface area contributed by atoms with Crippen molar-refractivity contribution in [3.63, 3.8) is 0 Å². The minimum atomic E-state index is -0.726. The molecule has 4 aromatic rings. The van der Waals surface area contributed by atoms with E-state index in [4.69, 9.17) is 0 Å². The zero-order valence-electron chi connectivity index (χ0n) is 19.1. The molecule has 2 aromatic carbocycles. The third kappa shape index (κ3) is 6.18. The average molecular weight is 476 g/mol. The van der Waals surface area contributed by atoms with Gasteiger partial charge in [0, 0.05) is 23.3 Å². The lowest BCUT2D eigenvalue weighted by molar-refractivity contribution is -0.116. The Labute approximate surface area is 199 Å². The number of carbonyl (C=O) groups excluding carboxylic acids is 1. The van der Waals surface area contributed by atoms with Gasteiger partial charge in [0.15, 0.2) is 5.82 Å². The van der Waals surface area contributed by atoms with Gasteiger partial charge < -0.3 is 10.2 Å². The Morgan fingerprint density at radius 1 is 0.971 bits per heavy atom. The van der Waals surface area contributed by atoms with E-state index >= 15 is 0 Å². The summed E-state index contributed by atoms with van der Waals surface area (Å²) in [5.41, 5.74) is 2.10. The summed E-state index contributed by atoms with van der Waals surface area (Å²) < 4.78 is 28.4. The second-order valence-electron chi connectivity index (χ2n) is 8.15. The van der Waals surface area contributed by atoms with Crippen molar-refractivity contribution < 1.29 is 13.6 Å². The summed E-state index contributed by atoms with van der Waals surface area (Å²) >= 11 is 0. The normalized spacial score (nSPS) is 11.0. The van der Waals surface area contributed by atoms with Gasteiger partial charge >= 0.3 is 0 Å². The predicted octanol–water partition coefficient (Wildman–Crippen LogP) is 3.19. The SMILES string of the molecule is CN(C)CC(=O)Nc1cnc(-c2cccc(Cn3nc(-c4cc(F)cc(F)c4)ccc3=O)c2)nc1. The molecule has 2 heterocycles. The van der Waals surface area contributed by atoms with Crippen molar-refractivity contribution in [2.45, 2.75) is 6.54 Å². The number of likely N-dealkylation sites (N-methyl/N-ethyl adjacent to an activating group) is 1. The zero-order chi connectivity index (χ0) is 24.9. The number of benzene rings is 2. The van der Waals surface area contributed by atoms with E-state index < -0.39 is 11.6 Å². The van der Waals surface area contributed by atoms with Gasteiger partial charge in [-0.3, -0.25) is 9.59 Å². The first-order valence-electron chi connectivity index (χ1n) is 10.7. The third-order valence-electron chi connectivity index (χ3n) is 4.94. The second kappa shape index (κ2) is 10.3. The Bertz CT molecular complexity index is 1400. The molecule has 0 atom stereocenters. The van der Waals surface area contributed by atoms with Gasteiger partial charge in [-0.15, -0.1) is 0 Å². The van der Waals surface area contributed by atoms with Crippen molar-refractivity contribution in [3.8, 4) is 22.6 Å². The molecule has 2 aromatic heterocycles. The average Bonchev–Trinajstić information content (AvgIpc) is 2.80. The van der Waals surface area contributed by atoms with Gasteiger partial charge in [0.05, 0.1) is 36.9 Å². The molecule has 0 bridgehead atoms. The molecule has 1 N–H and O–H groups in total. The van der Waals surface area contributed by atoms with Crippen LogP contribution in [0.4, 0.5) is 14.5 Å². The van der Waals surface area contributed by atoms with E-state index in [1.807, 2.05) is 18.2 Å². The largest absolute Gasteiger partial charge is 0.322 e. The molecule has 10 heteroatoms. The molecule has 0 aliphatic heterocycles. The summed E-state index contributed by atoms with van der Waals surface area (Å²) in [6.45, 7) is 0.379. The number of halogens is 2. The van der Waals surface area contributed by atoms with Crippen LogP contribution in [0.3, 0.4) is 0 Å². The molecule has 1 amide bonds. The maximum atomic E-state index is 13.6. The van der Waals surface area contributed by atoms with Crippen molar-refractivity contribution in [2.24, 2.45) is 0 Å². The zero-order valence-corrected chi connectivity index (χ0v) is 19.1. The molecule has 35 heavy (non-hydrogen) atoms. The first-order valence-corrected chi connectivity index (χ1v) is 10.7. The Hall–Kier alpha value is -4.31. The lowest BCUT2D eigenvalue weighted by atomic mass is 10.1. The number of nitrogens with one attached hydrogen (secondary N) is 1. The van der Waals surface area contributed by atoms with Gasteiger partial charge in [0.25, 0.3) is 5.56 Å². The van der Waals surface area contributed by atoms with E-state index in [1.54, 1.807) is 25.1 Å². The topological polar surface area (TPSA) is 93.0 Å². The lowest BCUT2D eigenvalue weighted by Crippen LogP contribution is -2.27. The Kier molecular flexibility index (Phi) is 7.02. The first-order chi connectivity index (χ1) is 16.8. The van der Waals surface area contributed by atoms with Gasteiger partial charge in [-0.2, -0.15) is 5.10 Å². The van der Waals surface area contributed by atoms with Gasteiger partial charge in [-0.1, -0.05) is 18.2 Å². The number of hydrogen-bond donors (Lipinski definition) is 1. The van der Waals surface area contributed by atoms with Crippen molar-refractivity contribution in [3.05, 3.63) is 94.5 Å². The van der Waals surface area contributed by atoms with Gasteiger partial charge in [0.2, 0.25) is 5.91 Å². The molecule has 8 nitrogen and oxygen atoms in total. The van der Waals surface area contributed by atoms with Crippen LogP contribution in [-0.4, -0.2) is 51.2 Å². The van der Waals surface area contributed by atoms with Crippen LogP contribution in [0.2, 0.25) is 0 Å². The van der Waals surface area contributed by atoms with Gasteiger partial charge in [0.1, 0.15) is 11.6 Å². The summed E-state index contributed by atoms with van der Waals surface area (Å²) in [5, 5.41) is 7.01. The fourth-order valence-electron chi connectivity index (χ4n) is 3.43. The van der Waals surface area contributed by atoms with E-state index in [1.165, 1.54) is 29.2 Å². The van der Waals surface area contributed by atoms with Crippen LogP contribution in [-0.2, 0) is 11.3 Å². The van der Waals surface area contributed by atoms with E-state index in [9.17, 15) is 18.4 Å². The van der Waals surface area contributed by atoms with Crippen LogP contribution >= 0.6 is 0 Å². The Balaban J connectivity index is 1.54. The number of aromatic nitrogens is 4. The van der Waals surface area contributed by atoms with Crippen LogP contribution in [0.25, 0.3) is 22.6 Å². The van der Waals surface area contributed by atoms with Crippen molar-refractivity contribution >= 4 is 11.6 Å². The van der Waals surface area contributed by atoms with E-state index in [-0.39, 0.29) is 35.8 Å². The van der Waals surface area contributed by atoms with Gasteiger partial charge in [-0.05, 0) is 43.9 Å². The summed E-state index contributed by atoms with van der Waals surface area (Å²) in [5.74, 6) is -1.18. The quantitative estimate of drug-likeness (QED) is 0.440. The highest BCUT2D eigenvalue weighted by Crippen LogP contribution is 2.20. The molecule has 0 aliphatic rings. The highest BCUT2D eigenvalue weighted by atomic mass is 19.1. The third-order valence-corrected chi connectivity index (χ3v) is 4.94. The fraction of sp³-hybridized carbons (Fsp3) is 0.160. The summed E-state index contributed by atoms with van der Waals surface area (Å²) in [7, 11) is 3.60. The molecule has 178 valence electrons. The van der Waals surface area contributed by atoms with Crippen molar-refractivity contribution in [2.75, 3.05) is 26.0 Å². The molecule has 0 aliphatic carbocycles. The molecule has 4 rings (SSSR count). The first kappa shape index (κ1) is 23.8. The number of anilines is 1. The molecule has 0 spiro atoms. The van der Waals surface area contributed by atoms with Crippen LogP contribution in [0, 0.1) is 11.6 Å². The molecule has 0 unspecified atom stereocenters. The minimum Gasteiger partial charge on any atom is -0.322 e. The molecule has 0 fully saturated rings. The molecular weight excluding hydrogens is 454 g/mol. The van der Waals surface area contributed by atoms with Crippen LogP contribution in [0.15, 0.2) is 71.8 Å². The number of nitrogens with zero attached hydrogens (tertiary/aromatic N) is 5. The molecule has 0 saturated heterocycles. The number of amides is 1. The molecular formula is C25H22F2N6O2. The van der Waals surface area contributed by atoms with Crippen LogP contribution in [0.5, 0.6) is 0 Å². The summed E-state index contributed by atoms with van der Waals surface area (Å²) in [6, 6.07) is 13.1. The van der Waals surface area contributed by atoms with Crippen molar-refractivity contribution in [1.29, 1.82) is 0 Å². The highest BCUT2D eigenvalue weighted by Gasteiger charge is 2.10. The Morgan fingerprint density at radius 3 is 2.37 bits per heavy atom. The van der Waals surface area contributed by atoms with Crippen LogP contribution < -0.4 is 10.9 Å². The monoisotopic (exact) mass is 476 g/mol. The summed E-state index contributed by atoms with van der Waals surface area (Å²) in [6.07, 6.45) is 3.05. The van der Waals surface area contributed by atoms with E-state index in [0.29, 0.717) is 17.1 Å². The highest BCUT2D eigenvalue weighted by molar-refractivity contribution is 5.91. The predicted molar refractivity (Wildman–Crippen MR) is 128 cm³/mol. The van der Waals surface area contributed by atoms with E-state index in [2.05, 4.69) is 20.4 Å². The maximum Gasteiger partial charge on any atom is 0.267 e. The smallest absolute Gasteiger partial charge is 0.267 e.